The molecule has 1 rings (SSSR count). The summed E-state index contributed by atoms with van der Waals surface area (Å²) < 4.78 is 0. The number of carbonyl (C=O) groups excluding carboxylic acids is 1. The van der Waals surface area contributed by atoms with Gasteiger partial charge in [0.2, 0.25) is 5.91 Å². The molecular formula is C13H23NO3. The van der Waals surface area contributed by atoms with E-state index in [0.717, 1.165) is 19.4 Å². The number of carboxylic acid groups (broad SMARTS) is 1. The topological polar surface area (TPSA) is 57.6 Å². The Hall–Kier alpha value is -1.06. The van der Waals surface area contributed by atoms with Gasteiger partial charge in [0.25, 0.3) is 0 Å². The molecule has 17 heavy (non-hydrogen) atoms. The molecule has 0 bridgehead atoms. The standard InChI is InChI=1S/C13H23NO3/c1-5-7-8-14(6-2)11(15)9-10(12(16)17)13(9,3)4/h9-10H,5-8H2,1-4H3,(H,16,17). The smallest absolute Gasteiger partial charge is 0.307 e. The molecule has 1 fully saturated rings. The minimum Gasteiger partial charge on any atom is -0.481 e. The Morgan fingerprint density at radius 2 is 1.82 bits per heavy atom. The second kappa shape index (κ2) is 5.07. The first-order chi connectivity index (χ1) is 7.87. The molecule has 98 valence electrons. The van der Waals surface area contributed by atoms with Crippen molar-refractivity contribution in [3.8, 4) is 0 Å². The Balaban J connectivity index is 2.67. The molecule has 1 aliphatic carbocycles. The maximum Gasteiger partial charge on any atom is 0.307 e. The van der Waals surface area contributed by atoms with E-state index in [-0.39, 0.29) is 17.2 Å². The summed E-state index contributed by atoms with van der Waals surface area (Å²) in [4.78, 5) is 25.1. The lowest BCUT2D eigenvalue weighted by molar-refractivity contribution is -0.142. The molecule has 1 saturated carbocycles. The fraction of sp³-hybridized carbons (Fsp3) is 0.846. The average molecular weight is 241 g/mol. The van der Waals surface area contributed by atoms with Gasteiger partial charge in [-0.2, -0.15) is 0 Å². The lowest BCUT2D eigenvalue weighted by Crippen LogP contribution is -2.34. The number of hydrogen-bond donors (Lipinski definition) is 1. The lowest BCUT2D eigenvalue weighted by Gasteiger charge is -2.21. The number of carbonyl (C=O) groups is 2. The van der Waals surface area contributed by atoms with E-state index in [1.807, 2.05) is 20.8 Å². The highest BCUT2D eigenvalue weighted by Crippen LogP contribution is 2.59. The van der Waals surface area contributed by atoms with Gasteiger partial charge in [-0.1, -0.05) is 27.2 Å². The number of aliphatic carboxylic acids is 1. The fourth-order valence-corrected chi connectivity index (χ4v) is 2.53. The molecule has 4 nitrogen and oxygen atoms in total. The van der Waals surface area contributed by atoms with Crippen LogP contribution in [0.15, 0.2) is 0 Å². The monoisotopic (exact) mass is 241 g/mol. The summed E-state index contributed by atoms with van der Waals surface area (Å²) in [6, 6.07) is 0. The minimum atomic E-state index is -0.847. The highest BCUT2D eigenvalue weighted by Gasteiger charge is 2.66. The van der Waals surface area contributed by atoms with Gasteiger partial charge in [-0.15, -0.1) is 0 Å². The van der Waals surface area contributed by atoms with Crippen LogP contribution in [0.2, 0.25) is 0 Å². The number of rotatable bonds is 6. The molecule has 1 amide bonds. The summed E-state index contributed by atoms with van der Waals surface area (Å²) in [6.07, 6.45) is 2.02. The Morgan fingerprint density at radius 3 is 2.18 bits per heavy atom. The van der Waals surface area contributed by atoms with Gasteiger partial charge < -0.3 is 10.0 Å². The molecule has 4 heteroatoms. The van der Waals surface area contributed by atoms with Crippen LogP contribution < -0.4 is 0 Å². The van der Waals surface area contributed by atoms with Crippen LogP contribution in [0.3, 0.4) is 0 Å². The van der Waals surface area contributed by atoms with Crippen molar-refractivity contribution < 1.29 is 14.7 Å². The van der Waals surface area contributed by atoms with E-state index in [0.29, 0.717) is 6.54 Å². The molecular weight excluding hydrogens is 218 g/mol. The van der Waals surface area contributed by atoms with Gasteiger partial charge in [0.1, 0.15) is 0 Å². The molecule has 0 saturated heterocycles. The zero-order valence-electron chi connectivity index (χ0n) is 11.2. The summed E-state index contributed by atoms with van der Waals surface area (Å²) in [5.74, 6) is -1.68. The molecule has 2 atom stereocenters. The molecule has 1 N–H and O–H groups in total. The fourth-order valence-electron chi connectivity index (χ4n) is 2.53. The first kappa shape index (κ1) is 14.0. The van der Waals surface area contributed by atoms with Gasteiger partial charge in [-0.3, -0.25) is 9.59 Å². The quantitative estimate of drug-likeness (QED) is 0.773. The molecule has 0 aromatic rings. The van der Waals surface area contributed by atoms with Gasteiger partial charge in [-0.05, 0) is 18.8 Å². The summed E-state index contributed by atoms with van der Waals surface area (Å²) in [7, 11) is 0. The summed E-state index contributed by atoms with van der Waals surface area (Å²) in [6.45, 7) is 9.16. The average Bonchev–Trinajstić information content (AvgIpc) is 2.82. The summed E-state index contributed by atoms with van der Waals surface area (Å²) in [5.41, 5.74) is -0.386. The zero-order chi connectivity index (χ0) is 13.2. The van der Waals surface area contributed by atoms with Crippen LogP contribution in [-0.4, -0.2) is 35.0 Å². The van der Waals surface area contributed by atoms with Crippen molar-refractivity contribution >= 4 is 11.9 Å². The van der Waals surface area contributed by atoms with Crippen molar-refractivity contribution in [2.24, 2.45) is 17.3 Å². The third-order valence-electron chi connectivity index (χ3n) is 3.83. The van der Waals surface area contributed by atoms with Gasteiger partial charge in [0, 0.05) is 13.1 Å². The number of amides is 1. The molecule has 0 aliphatic heterocycles. The van der Waals surface area contributed by atoms with Crippen LogP contribution in [0, 0.1) is 17.3 Å². The summed E-state index contributed by atoms with van der Waals surface area (Å²) >= 11 is 0. The summed E-state index contributed by atoms with van der Waals surface area (Å²) in [5, 5.41) is 9.07. The Bertz CT molecular complexity index is 312. The van der Waals surface area contributed by atoms with Gasteiger partial charge in [0.05, 0.1) is 11.8 Å². The number of unbranched alkanes of at least 4 members (excludes halogenated alkanes) is 1. The van der Waals surface area contributed by atoms with E-state index < -0.39 is 11.9 Å². The SMILES string of the molecule is CCCCN(CC)C(=O)C1C(C(=O)O)C1(C)C. The van der Waals surface area contributed by atoms with Crippen LogP contribution in [0.25, 0.3) is 0 Å². The van der Waals surface area contributed by atoms with Crippen LogP contribution >= 0.6 is 0 Å². The molecule has 0 aromatic heterocycles. The largest absolute Gasteiger partial charge is 0.481 e. The highest BCUT2D eigenvalue weighted by molar-refractivity contribution is 5.91. The maximum atomic E-state index is 12.2. The van der Waals surface area contributed by atoms with E-state index in [2.05, 4.69) is 6.92 Å². The second-order valence-electron chi connectivity index (χ2n) is 5.39. The van der Waals surface area contributed by atoms with E-state index in [1.54, 1.807) is 4.90 Å². The predicted molar refractivity (Wildman–Crippen MR) is 65.6 cm³/mol. The predicted octanol–water partition coefficient (Wildman–Crippen LogP) is 1.99. The minimum absolute atomic E-state index is 0.0124. The first-order valence-electron chi connectivity index (χ1n) is 6.39. The Labute approximate surface area is 103 Å². The van der Waals surface area contributed by atoms with Gasteiger partial charge in [0.15, 0.2) is 0 Å². The maximum absolute atomic E-state index is 12.2. The molecule has 2 unspecified atom stereocenters. The molecule has 0 spiro atoms. The molecule has 0 heterocycles. The molecule has 0 aromatic carbocycles. The van der Waals surface area contributed by atoms with Crippen LogP contribution in [-0.2, 0) is 9.59 Å². The van der Waals surface area contributed by atoms with Crippen molar-refractivity contribution in [2.75, 3.05) is 13.1 Å². The van der Waals surface area contributed by atoms with E-state index in [1.165, 1.54) is 0 Å². The molecule has 1 aliphatic rings. The number of carboxylic acids is 1. The third kappa shape index (κ3) is 2.61. The van der Waals surface area contributed by atoms with Crippen molar-refractivity contribution in [1.29, 1.82) is 0 Å². The van der Waals surface area contributed by atoms with Crippen molar-refractivity contribution in [2.45, 2.75) is 40.5 Å². The number of nitrogens with zero attached hydrogens (tertiary/aromatic N) is 1. The van der Waals surface area contributed by atoms with E-state index in [9.17, 15) is 9.59 Å². The van der Waals surface area contributed by atoms with Crippen molar-refractivity contribution in [3.05, 3.63) is 0 Å². The van der Waals surface area contributed by atoms with Crippen LogP contribution in [0.1, 0.15) is 40.5 Å². The Morgan fingerprint density at radius 1 is 1.24 bits per heavy atom. The van der Waals surface area contributed by atoms with Crippen LogP contribution in [0.4, 0.5) is 0 Å². The van der Waals surface area contributed by atoms with Crippen molar-refractivity contribution in [1.82, 2.24) is 4.90 Å². The second-order valence-corrected chi connectivity index (χ2v) is 5.39. The van der Waals surface area contributed by atoms with E-state index >= 15 is 0 Å². The third-order valence-corrected chi connectivity index (χ3v) is 3.83. The number of hydrogen-bond acceptors (Lipinski definition) is 2. The van der Waals surface area contributed by atoms with Crippen LogP contribution in [0.5, 0.6) is 0 Å². The first-order valence-corrected chi connectivity index (χ1v) is 6.39. The Kier molecular flexibility index (Phi) is 4.17. The highest BCUT2D eigenvalue weighted by atomic mass is 16.4. The zero-order valence-corrected chi connectivity index (χ0v) is 11.2. The van der Waals surface area contributed by atoms with Crippen molar-refractivity contribution in [3.63, 3.8) is 0 Å². The normalized spacial score (nSPS) is 25.4. The molecule has 0 radical (unpaired) electrons. The van der Waals surface area contributed by atoms with Gasteiger partial charge in [-0.25, -0.2) is 0 Å². The van der Waals surface area contributed by atoms with Gasteiger partial charge >= 0.3 is 5.97 Å². The van der Waals surface area contributed by atoms with E-state index in [4.69, 9.17) is 5.11 Å². The lowest BCUT2D eigenvalue weighted by atomic mass is 10.1.